The van der Waals surface area contributed by atoms with Crippen LogP contribution in [0.3, 0.4) is 0 Å². The second-order valence-electron chi connectivity index (χ2n) is 7.34. The number of benzene rings is 1. The van der Waals surface area contributed by atoms with Crippen LogP contribution in [0.15, 0.2) is 48.8 Å². The molecule has 0 saturated carbocycles. The van der Waals surface area contributed by atoms with Crippen LogP contribution in [0.5, 0.6) is 5.75 Å². The lowest BCUT2D eigenvalue weighted by Gasteiger charge is -2.15. The van der Waals surface area contributed by atoms with Crippen LogP contribution in [0.4, 0.5) is 0 Å². The fraction of sp³-hybridized carbons (Fsp3) is 0.273. The molecule has 4 aromatic rings. The van der Waals surface area contributed by atoms with Crippen molar-refractivity contribution < 1.29 is 9.53 Å². The van der Waals surface area contributed by atoms with Gasteiger partial charge in [0.15, 0.2) is 5.65 Å². The highest BCUT2D eigenvalue weighted by Gasteiger charge is 2.18. The summed E-state index contributed by atoms with van der Waals surface area (Å²) in [7, 11) is 3.45. The van der Waals surface area contributed by atoms with Gasteiger partial charge < -0.3 is 10.1 Å². The lowest BCUT2D eigenvalue weighted by atomic mass is 10.1. The Morgan fingerprint density at radius 3 is 2.67 bits per heavy atom. The van der Waals surface area contributed by atoms with E-state index in [0.29, 0.717) is 23.4 Å². The van der Waals surface area contributed by atoms with Crippen molar-refractivity contribution >= 4 is 16.9 Å². The number of carbonyl (C=O) groups is 1. The Bertz CT molecular complexity index is 1190. The number of rotatable bonds is 6. The summed E-state index contributed by atoms with van der Waals surface area (Å²) in [6.07, 6.45) is 3.59. The summed E-state index contributed by atoms with van der Waals surface area (Å²) in [4.78, 5) is 17.9. The van der Waals surface area contributed by atoms with Crippen molar-refractivity contribution in [1.29, 1.82) is 0 Å². The third-order valence-electron chi connectivity index (χ3n) is 4.95. The molecule has 30 heavy (non-hydrogen) atoms. The fourth-order valence-corrected chi connectivity index (χ4v) is 3.40. The first kappa shape index (κ1) is 19.6. The van der Waals surface area contributed by atoms with Gasteiger partial charge in [-0.25, -0.2) is 4.98 Å². The number of aryl methyl sites for hydroxylation is 2. The third kappa shape index (κ3) is 3.89. The van der Waals surface area contributed by atoms with Crippen LogP contribution in [-0.2, 0) is 13.6 Å². The number of pyridine rings is 1. The third-order valence-corrected chi connectivity index (χ3v) is 4.95. The predicted octanol–water partition coefficient (Wildman–Crippen LogP) is 2.97. The minimum absolute atomic E-state index is 0.0962. The van der Waals surface area contributed by atoms with E-state index in [9.17, 15) is 4.79 Å². The highest BCUT2D eigenvalue weighted by molar-refractivity contribution is 6.06. The van der Waals surface area contributed by atoms with Gasteiger partial charge >= 0.3 is 0 Å². The molecule has 1 atom stereocenters. The smallest absolute Gasteiger partial charge is 0.252 e. The topological polar surface area (TPSA) is 86.9 Å². The highest BCUT2D eigenvalue weighted by Crippen LogP contribution is 2.26. The molecule has 0 saturated heterocycles. The van der Waals surface area contributed by atoms with Gasteiger partial charge in [-0.3, -0.25) is 14.2 Å². The minimum atomic E-state index is -0.165. The van der Waals surface area contributed by atoms with Crippen LogP contribution in [0, 0.1) is 6.92 Å². The predicted molar refractivity (Wildman–Crippen MR) is 114 cm³/mol. The Hall–Kier alpha value is -3.68. The molecule has 3 aromatic heterocycles. The van der Waals surface area contributed by atoms with Crippen LogP contribution < -0.4 is 10.1 Å². The molecule has 4 rings (SSSR count). The number of hydrogen-bond donors (Lipinski definition) is 1. The number of amides is 1. The standard InChI is InChI=1S/C22H24N6O2/c1-14-9-10-28(26-14)13-15(2)24-22(29)18-11-20(16-5-7-17(30-4)8-6-16)25-21-19(18)12-23-27(21)3/h5-12,15H,13H2,1-4H3,(H,24,29)/t15-/m1/s1. The first-order valence-corrected chi connectivity index (χ1v) is 9.72. The van der Waals surface area contributed by atoms with Gasteiger partial charge in [0.1, 0.15) is 5.75 Å². The molecular formula is C22H24N6O2. The van der Waals surface area contributed by atoms with Gasteiger partial charge in [-0.2, -0.15) is 10.2 Å². The Balaban J connectivity index is 1.65. The van der Waals surface area contributed by atoms with Gasteiger partial charge in [-0.1, -0.05) is 0 Å². The van der Waals surface area contributed by atoms with Gasteiger partial charge in [-0.15, -0.1) is 0 Å². The van der Waals surface area contributed by atoms with E-state index in [1.165, 1.54) is 0 Å². The zero-order valence-electron chi connectivity index (χ0n) is 17.5. The van der Waals surface area contributed by atoms with Crippen LogP contribution in [0.2, 0.25) is 0 Å². The second kappa shape index (κ2) is 7.98. The molecule has 1 aromatic carbocycles. The summed E-state index contributed by atoms with van der Waals surface area (Å²) < 4.78 is 8.74. The minimum Gasteiger partial charge on any atom is -0.497 e. The van der Waals surface area contributed by atoms with Crippen molar-refractivity contribution in [2.75, 3.05) is 7.11 Å². The van der Waals surface area contributed by atoms with Crippen LogP contribution in [0.25, 0.3) is 22.3 Å². The monoisotopic (exact) mass is 404 g/mol. The van der Waals surface area contributed by atoms with E-state index in [1.54, 1.807) is 18.0 Å². The fourth-order valence-electron chi connectivity index (χ4n) is 3.40. The molecule has 0 unspecified atom stereocenters. The molecule has 0 fully saturated rings. The quantitative estimate of drug-likeness (QED) is 0.534. The molecular weight excluding hydrogens is 380 g/mol. The number of nitrogens with one attached hydrogen (secondary N) is 1. The number of hydrogen-bond acceptors (Lipinski definition) is 5. The average Bonchev–Trinajstić information content (AvgIpc) is 3.32. The van der Waals surface area contributed by atoms with Crippen molar-refractivity contribution in [3.8, 4) is 17.0 Å². The molecule has 8 heteroatoms. The van der Waals surface area contributed by atoms with Crippen molar-refractivity contribution in [1.82, 2.24) is 29.9 Å². The molecule has 0 aliphatic rings. The average molecular weight is 404 g/mol. The van der Waals surface area contributed by atoms with Gasteiger partial charge in [0.25, 0.3) is 5.91 Å². The number of methoxy groups -OCH3 is 1. The van der Waals surface area contributed by atoms with Crippen molar-refractivity contribution in [3.63, 3.8) is 0 Å². The molecule has 0 spiro atoms. The Morgan fingerprint density at radius 2 is 2.00 bits per heavy atom. The summed E-state index contributed by atoms with van der Waals surface area (Å²) >= 11 is 0. The van der Waals surface area contributed by atoms with E-state index in [2.05, 4.69) is 15.5 Å². The highest BCUT2D eigenvalue weighted by atomic mass is 16.5. The largest absolute Gasteiger partial charge is 0.497 e. The zero-order valence-corrected chi connectivity index (χ0v) is 17.5. The van der Waals surface area contributed by atoms with E-state index in [4.69, 9.17) is 9.72 Å². The summed E-state index contributed by atoms with van der Waals surface area (Å²) in [6.45, 7) is 4.49. The van der Waals surface area contributed by atoms with Gasteiger partial charge in [0.05, 0.1) is 42.2 Å². The summed E-state index contributed by atoms with van der Waals surface area (Å²) in [6, 6.07) is 11.3. The Kier molecular flexibility index (Phi) is 5.22. The number of nitrogens with zero attached hydrogens (tertiary/aromatic N) is 5. The molecule has 8 nitrogen and oxygen atoms in total. The molecule has 1 N–H and O–H groups in total. The first-order chi connectivity index (χ1) is 14.4. The van der Waals surface area contributed by atoms with Gasteiger partial charge in [0.2, 0.25) is 0 Å². The number of ether oxygens (including phenoxy) is 1. The van der Waals surface area contributed by atoms with E-state index in [0.717, 1.165) is 22.4 Å². The zero-order chi connectivity index (χ0) is 21.3. The maximum absolute atomic E-state index is 13.1. The van der Waals surface area contributed by atoms with Crippen LogP contribution >= 0.6 is 0 Å². The molecule has 154 valence electrons. The SMILES string of the molecule is COc1ccc(-c2cc(C(=O)N[C@H](C)Cn3ccc(C)n3)c3cnn(C)c3n2)cc1. The molecule has 0 bridgehead atoms. The second-order valence-corrected chi connectivity index (χ2v) is 7.34. The number of fused-ring (bicyclic) bond motifs is 1. The summed E-state index contributed by atoms with van der Waals surface area (Å²) in [5, 5.41) is 12.5. The first-order valence-electron chi connectivity index (χ1n) is 9.72. The molecule has 0 aliphatic heterocycles. The lowest BCUT2D eigenvalue weighted by Crippen LogP contribution is -2.36. The van der Waals surface area contributed by atoms with E-state index >= 15 is 0 Å². The number of aromatic nitrogens is 5. The van der Waals surface area contributed by atoms with Crippen molar-refractivity contribution in [3.05, 3.63) is 60.0 Å². The summed E-state index contributed by atoms with van der Waals surface area (Å²) in [5.41, 5.74) is 3.75. The van der Waals surface area contributed by atoms with Crippen molar-refractivity contribution in [2.24, 2.45) is 7.05 Å². The van der Waals surface area contributed by atoms with Gasteiger partial charge in [-0.05, 0) is 50.2 Å². The van der Waals surface area contributed by atoms with E-state index in [-0.39, 0.29) is 11.9 Å². The van der Waals surface area contributed by atoms with E-state index in [1.807, 2.05) is 68.2 Å². The molecule has 3 heterocycles. The molecule has 1 amide bonds. The molecule has 0 radical (unpaired) electrons. The summed E-state index contributed by atoms with van der Waals surface area (Å²) in [5.74, 6) is 0.600. The van der Waals surface area contributed by atoms with E-state index < -0.39 is 0 Å². The maximum Gasteiger partial charge on any atom is 0.252 e. The maximum atomic E-state index is 13.1. The lowest BCUT2D eigenvalue weighted by molar-refractivity contribution is 0.0937. The van der Waals surface area contributed by atoms with Gasteiger partial charge in [0, 0.05) is 24.8 Å². The Labute approximate surface area is 174 Å². The van der Waals surface area contributed by atoms with Crippen LogP contribution in [0.1, 0.15) is 23.0 Å². The molecule has 0 aliphatic carbocycles. The number of carbonyl (C=O) groups excluding carboxylic acids is 1. The Morgan fingerprint density at radius 1 is 1.23 bits per heavy atom. The van der Waals surface area contributed by atoms with Crippen LogP contribution in [-0.4, -0.2) is 43.6 Å². The van der Waals surface area contributed by atoms with Crippen molar-refractivity contribution in [2.45, 2.75) is 26.4 Å². The normalized spacial score (nSPS) is 12.1.